The molecule has 0 aromatic heterocycles. The van der Waals surface area contributed by atoms with E-state index in [-0.39, 0.29) is 21.2 Å². The van der Waals surface area contributed by atoms with Crippen molar-refractivity contribution in [3.63, 3.8) is 0 Å². The second kappa shape index (κ2) is 8.25. The molecule has 0 heterocycles. The van der Waals surface area contributed by atoms with E-state index in [1.54, 1.807) is 0 Å². The van der Waals surface area contributed by atoms with Gasteiger partial charge in [0, 0.05) is 11.4 Å². The summed E-state index contributed by atoms with van der Waals surface area (Å²) < 4.78 is 54.5. The van der Waals surface area contributed by atoms with Gasteiger partial charge in [0.15, 0.2) is 0 Å². The van der Waals surface area contributed by atoms with Crippen LogP contribution in [0.15, 0.2) is 82.6 Å². The Bertz CT molecular complexity index is 1240. The predicted octanol–water partition coefficient (Wildman–Crippen LogP) is 3.03. The molecule has 0 unspecified atom stereocenters. The molecule has 3 aromatic rings. The molecule has 0 radical (unpaired) electrons. The van der Waals surface area contributed by atoms with E-state index >= 15 is 0 Å². The number of hydrogen-bond donors (Lipinski definition) is 2. The summed E-state index contributed by atoms with van der Waals surface area (Å²) >= 11 is 0. The average Bonchev–Trinajstić information content (AvgIpc) is 2.75. The van der Waals surface area contributed by atoms with Crippen molar-refractivity contribution in [3.05, 3.63) is 83.9 Å². The molecule has 150 valence electrons. The summed E-state index contributed by atoms with van der Waals surface area (Å²) in [7, 11) is -7.72. The largest absolute Gasteiger partial charge is 0.280 e. The minimum Gasteiger partial charge on any atom is -0.280 e. The van der Waals surface area contributed by atoms with E-state index in [1.165, 1.54) is 72.8 Å². The summed E-state index contributed by atoms with van der Waals surface area (Å²) in [5.41, 5.74) is 1.15. The van der Waals surface area contributed by atoms with Crippen molar-refractivity contribution in [3.8, 4) is 12.1 Å². The van der Waals surface area contributed by atoms with Gasteiger partial charge in [0.05, 0.1) is 33.1 Å². The third kappa shape index (κ3) is 4.75. The Morgan fingerprint density at radius 2 is 0.833 bits per heavy atom. The van der Waals surface area contributed by atoms with Gasteiger partial charge in [0.1, 0.15) is 0 Å². The Labute approximate surface area is 174 Å². The van der Waals surface area contributed by atoms with Crippen molar-refractivity contribution >= 4 is 31.4 Å². The Morgan fingerprint density at radius 1 is 0.533 bits per heavy atom. The number of rotatable bonds is 6. The van der Waals surface area contributed by atoms with Gasteiger partial charge < -0.3 is 0 Å². The molecule has 30 heavy (non-hydrogen) atoms. The fraction of sp³-hybridized carbons (Fsp3) is 0. The molecule has 0 amide bonds. The fourth-order valence-corrected chi connectivity index (χ4v) is 4.57. The molecule has 0 aliphatic carbocycles. The van der Waals surface area contributed by atoms with E-state index in [1.807, 2.05) is 12.1 Å². The summed E-state index contributed by atoms with van der Waals surface area (Å²) in [4.78, 5) is -0.0146. The van der Waals surface area contributed by atoms with Gasteiger partial charge in [0.2, 0.25) is 0 Å². The second-order valence-electron chi connectivity index (χ2n) is 6.06. The molecule has 0 aliphatic heterocycles. The van der Waals surface area contributed by atoms with Crippen LogP contribution in [0, 0.1) is 22.7 Å². The number of nitriles is 2. The summed E-state index contributed by atoms with van der Waals surface area (Å²) in [6.45, 7) is 0. The highest BCUT2D eigenvalue weighted by atomic mass is 32.2. The third-order valence-corrected chi connectivity index (χ3v) is 6.77. The molecular formula is C20H14N4O4S2. The monoisotopic (exact) mass is 438 g/mol. The number of sulfonamides is 2. The van der Waals surface area contributed by atoms with Crippen LogP contribution in [0.4, 0.5) is 11.4 Å². The maximum atomic E-state index is 12.4. The van der Waals surface area contributed by atoms with Crippen LogP contribution >= 0.6 is 0 Å². The molecule has 0 bridgehead atoms. The van der Waals surface area contributed by atoms with E-state index in [4.69, 9.17) is 10.5 Å². The Hall–Kier alpha value is -3.86. The van der Waals surface area contributed by atoms with Gasteiger partial charge in [-0.1, -0.05) is 0 Å². The minimum absolute atomic E-state index is 0.00732. The molecule has 0 atom stereocenters. The van der Waals surface area contributed by atoms with E-state index in [0.717, 1.165) is 0 Å². The zero-order valence-electron chi connectivity index (χ0n) is 15.3. The molecule has 10 heteroatoms. The summed E-state index contributed by atoms with van der Waals surface area (Å²) in [5.74, 6) is 0. The number of anilines is 2. The molecule has 3 aromatic carbocycles. The van der Waals surface area contributed by atoms with E-state index in [2.05, 4.69) is 9.44 Å². The van der Waals surface area contributed by atoms with Crippen molar-refractivity contribution in [1.29, 1.82) is 10.5 Å². The number of nitrogens with one attached hydrogen (secondary N) is 2. The van der Waals surface area contributed by atoms with E-state index in [0.29, 0.717) is 11.1 Å². The Morgan fingerprint density at radius 3 is 1.10 bits per heavy atom. The van der Waals surface area contributed by atoms with Crippen LogP contribution in [-0.2, 0) is 20.0 Å². The van der Waals surface area contributed by atoms with E-state index < -0.39 is 20.0 Å². The standard InChI is InChI=1S/C20H14N4O4S2/c21-13-15-1-9-19(10-2-15)29(25,26)23-17-5-7-18(8-6-17)24-30(27,28)20-11-3-16(14-22)4-12-20/h1-12,23-24H. The van der Waals surface area contributed by atoms with Gasteiger partial charge in [0.25, 0.3) is 20.0 Å². The van der Waals surface area contributed by atoms with Crippen LogP contribution in [-0.4, -0.2) is 16.8 Å². The lowest BCUT2D eigenvalue weighted by atomic mass is 10.2. The normalized spacial score (nSPS) is 11.1. The van der Waals surface area contributed by atoms with Crippen molar-refractivity contribution < 1.29 is 16.8 Å². The van der Waals surface area contributed by atoms with Crippen molar-refractivity contribution in [2.24, 2.45) is 0 Å². The van der Waals surface area contributed by atoms with Crippen LogP contribution in [0.25, 0.3) is 0 Å². The first kappa shape index (κ1) is 20.9. The van der Waals surface area contributed by atoms with Crippen molar-refractivity contribution in [2.45, 2.75) is 9.79 Å². The van der Waals surface area contributed by atoms with Crippen LogP contribution < -0.4 is 9.44 Å². The SMILES string of the molecule is N#Cc1ccc(S(=O)(=O)Nc2ccc(NS(=O)(=O)c3ccc(C#N)cc3)cc2)cc1. The highest BCUT2D eigenvalue weighted by Gasteiger charge is 2.16. The lowest BCUT2D eigenvalue weighted by Crippen LogP contribution is -2.14. The van der Waals surface area contributed by atoms with Crippen LogP contribution in [0.2, 0.25) is 0 Å². The lowest BCUT2D eigenvalue weighted by Gasteiger charge is -2.11. The first-order valence-electron chi connectivity index (χ1n) is 8.39. The predicted molar refractivity (Wildman–Crippen MR) is 110 cm³/mol. The van der Waals surface area contributed by atoms with Crippen LogP contribution in [0.5, 0.6) is 0 Å². The molecule has 0 aliphatic rings. The highest BCUT2D eigenvalue weighted by Crippen LogP contribution is 2.21. The maximum Gasteiger partial charge on any atom is 0.261 e. The highest BCUT2D eigenvalue weighted by molar-refractivity contribution is 7.93. The Kier molecular flexibility index (Phi) is 5.74. The van der Waals surface area contributed by atoms with Gasteiger partial charge in [-0.15, -0.1) is 0 Å². The first-order chi connectivity index (χ1) is 14.2. The van der Waals surface area contributed by atoms with Gasteiger partial charge >= 0.3 is 0 Å². The molecule has 0 saturated heterocycles. The topological polar surface area (TPSA) is 140 Å². The van der Waals surface area contributed by atoms with Gasteiger partial charge in [-0.3, -0.25) is 9.44 Å². The second-order valence-corrected chi connectivity index (χ2v) is 9.43. The van der Waals surface area contributed by atoms with E-state index in [9.17, 15) is 16.8 Å². The zero-order chi connectivity index (χ0) is 21.8. The van der Waals surface area contributed by atoms with Gasteiger partial charge in [-0.25, -0.2) is 16.8 Å². The van der Waals surface area contributed by atoms with Crippen molar-refractivity contribution in [1.82, 2.24) is 0 Å². The number of hydrogen-bond acceptors (Lipinski definition) is 6. The molecule has 8 nitrogen and oxygen atoms in total. The van der Waals surface area contributed by atoms with Crippen molar-refractivity contribution in [2.75, 3.05) is 9.44 Å². The number of nitrogens with zero attached hydrogens (tertiary/aromatic N) is 2. The van der Waals surface area contributed by atoms with Gasteiger partial charge in [-0.05, 0) is 72.8 Å². The molecule has 2 N–H and O–H groups in total. The third-order valence-electron chi connectivity index (χ3n) is 3.98. The Balaban J connectivity index is 1.74. The quantitative estimate of drug-likeness (QED) is 0.606. The minimum atomic E-state index is -3.86. The molecular weight excluding hydrogens is 424 g/mol. The summed E-state index contributed by atoms with van der Waals surface area (Å²) in [6.07, 6.45) is 0. The average molecular weight is 438 g/mol. The number of benzene rings is 3. The molecule has 0 fully saturated rings. The first-order valence-corrected chi connectivity index (χ1v) is 11.4. The van der Waals surface area contributed by atoms with Crippen LogP contribution in [0.1, 0.15) is 11.1 Å². The molecule has 3 rings (SSSR count). The van der Waals surface area contributed by atoms with Crippen LogP contribution in [0.3, 0.4) is 0 Å². The lowest BCUT2D eigenvalue weighted by molar-refractivity contribution is 0.599. The maximum absolute atomic E-state index is 12.4. The zero-order valence-corrected chi connectivity index (χ0v) is 16.9. The summed E-state index contributed by atoms with van der Waals surface area (Å²) in [6, 6.07) is 20.4. The molecule has 0 saturated carbocycles. The van der Waals surface area contributed by atoms with Gasteiger partial charge in [-0.2, -0.15) is 10.5 Å². The molecule has 0 spiro atoms. The fourth-order valence-electron chi connectivity index (χ4n) is 2.45. The summed E-state index contributed by atoms with van der Waals surface area (Å²) in [5, 5.41) is 17.6. The smallest absolute Gasteiger partial charge is 0.261 e.